The third kappa shape index (κ3) is 12.4. The summed E-state index contributed by atoms with van der Waals surface area (Å²) >= 11 is 27.7. The molecule has 2 aliphatic rings. The molecule has 0 N–H and O–H groups in total. The molecule has 15 nitrogen and oxygen atoms in total. The molecule has 2 amide bonds. The van der Waals surface area contributed by atoms with Crippen LogP contribution in [0.15, 0.2) is 97.6 Å². The smallest absolute Gasteiger partial charge is 0.257 e. The van der Waals surface area contributed by atoms with Gasteiger partial charge in [0.25, 0.3) is 11.8 Å². The lowest BCUT2D eigenvalue weighted by atomic mass is 10.0. The monoisotopic (exact) mass is 1090 g/mol. The van der Waals surface area contributed by atoms with Gasteiger partial charge in [-0.1, -0.05) is 82.8 Å². The van der Waals surface area contributed by atoms with Gasteiger partial charge in [-0.05, 0) is 45.2 Å². The summed E-state index contributed by atoms with van der Waals surface area (Å²) in [5.74, 6) is 3.82. The van der Waals surface area contributed by atoms with Gasteiger partial charge in [0.2, 0.25) is 5.69 Å². The van der Waals surface area contributed by atoms with Crippen molar-refractivity contribution in [2.24, 2.45) is 0 Å². The summed E-state index contributed by atoms with van der Waals surface area (Å²) in [6.07, 6.45) is 5.94. The standard InChI is InChI=1S/C51H42Cl4N6O9S2/c1-57-37-18-34(26-59-27-37)29-68-45-22-47(43(53)20-41(45)51(63)61-11-15-72(65,66)16-12-61)70-31-36-6-4-8-39(49(36)55)38-7-3-5-35(48(38)54)30-69-46-21-44(67-28-33-17-32(23-56)24-58-25-33)40(19-42(46)52)50(62)60-9-13-71(2,64)14-10-60/h3-8,17-22,24-27H,2,9-16,28-31H2. The maximum absolute atomic E-state index is 13.9. The lowest BCUT2D eigenvalue weighted by Gasteiger charge is -2.29. The first-order valence-corrected chi connectivity index (χ1v) is 27.4. The van der Waals surface area contributed by atoms with Gasteiger partial charge >= 0.3 is 0 Å². The van der Waals surface area contributed by atoms with Crippen LogP contribution in [-0.4, -0.2) is 99.3 Å². The number of hydrogen-bond acceptors (Lipinski definition) is 12. The van der Waals surface area contributed by atoms with Crippen LogP contribution in [0.4, 0.5) is 5.69 Å². The van der Waals surface area contributed by atoms with Crippen molar-refractivity contribution in [1.29, 1.82) is 5.26 Å². The molecular weight excluding hydrogens is 1050 g/mol. The van der Waals surface area contributed by atoms with E-state index in [0.29, 0.717) is 54.7 Å². The number of rotatable bonds is 15. The van der Waals surface area contributed by atoms with Crippen LogP contribution < -0.4 is 18.9 Å². The molecule has 2 fully saturated rings. The van der Waals surface area contributed by atoms with Crippen molar-refractivity contribution in [3.8, 4) is 40.2 Å². The number of amides is 2. The van der Waals surface area contributed by atoms with Gasteiger partial charge in [0.05, 0.1) is 54.9 Å². The van der Waals surface area contributed by atoms with Crippen LogP contribution in [0.5, 0.6) is 23.0 Å². The Morgan fingerprint density at radius 2 is 1.10 bits per heavy atom. The van der Waals surface area contributed by atoms with Crippen molar-refractivity contribution in [1.82, 2.24) is 19.8 Å². The Kier molecular flexibility index (Phi) is 16.2. The number of pyridine rings is 2. The van der Waals surface area contributed by atoms with E-state index in [1.54, 1.807) is 59.6 Å². The van der Waals surface area contributed by atoms with Gasteiger partial charge in [-0.2, -0.15) is 5.26 Å². The van der Waals surface area contributed by atoms with Gasteiger partial charge < -0.3 is 28.7 Å². The van der Waals surface area contributed by atoms with Gasteiger partial charge in [-0.25, -0.2) is 13.3 Å². The molecule has 2 aliphatic heterocycles. The summed E-state index contributed by atoms with van der Waals surface area (Å²) in [7, 11) is -5.54. The lowest BCUT2D eigenvalue weighted by Crippen LogP contribution is -2.43. The highest BCUT2D eigenvalue weighted by Crippen LogP contribution is 2.41. The zero-order valence-corrected chi connectivity index (χ0v) is 42.8. The minimum absolute atomic E-state index is 0.00877. The fraction of sp³-hybridized carbons (Fsp3) is 0.235. The molecular formula is C51H42Cl4N6O9S2. The number of carbonyl (C=O) groups is 2. The van der Waals surface area contributed by atoms with Crippen LogP contribution >= 0.6 is 46.4 Å². The molecule has 0 atom stereocenters. The SMILES string of the molecule is [C-]#[N+]c1cncc(COc2cc(OCc3cccc(-c4cccc(COc5cc(OCc6cncc(C#N)c6)c(C(=O)N6CCS(=C)(=O)CC6)cc5Cl)c4Cl)c3Cl)c(Cl)cc2C(=O)N2CCS(=O)(=O)CC2)c1. The molecule has 4 aromatic carbocycles. The Morgan fingerprint density at radius 3 is 1.58 bits per heavy atom. The first kappa shape index (κ1) is 51.8. The van der Waals surface area contributed by atoms with Crippen molar-refractivity contribution in [3.05, 3.63) is 168 Å². The van der Waals surface area contributed by atoms with E-state index in [-0.39, 0.29) is 126 Å². The first-order chi connectivity index (χ1) is 34.5. The number of carbonyl (C=O) groups excluding carboxylic acids is 2. The van der Waals surface area contributed by atoms with Crippen molar-refractivity contribution in [2.45, 2.75) is 26.4 Å². The summed E-state index contributed by atoms with van der Waals surface area (Å²) in [4.78, 5) is 42.3. The van der Waals surface area contributed by atoms with Gasteiger partial charge in [-0.15, -0.1) is 0 Å². The highest BCUT2D eigenvalue weighted by atomic mass is 35.5. The summed E-state index contributed by atoms with van der Waals surface area (Å²) in [6, 6.07) is 21.9. The molecule has 6 aromatic rings. The van der Waals surface area contributed by atoms with Crippen LogP contribution in [-0.2, 0) is 45.8 Å². The number of ether oxygens (including phenoxy) is 4. The highest BCUT2D eigenvalue weighted by Gasteiger charge is 2.30. The van der Waals surface area contributed by atoms with Crippen LogP contribution in [0, 0.1) is 17.9 Å². The quantitative estimate of drug-likeness (QED) is 0.0703. The van der Waals surface area contributed by atoms with Crippen molar-refractivity contribution < 1.29 is 41.2 Å². The lowest BCUT2D eigenvalue weighted by molar-refractivity contribution is 0.0757. The molecule has 8 rings (SSSR count). The fourth-order valence-electron chi connectivity index (χ4n) is 7.76. The molecule has 2 saturated heterocycles. The van der Waals surface area contributed by atoms with Gasteiger partial charge in [0, 0.05) is 102 Å². The fourth-order valence-corrected chi connectivity index (χ4v) is 11.3. The van der Waals surface area contributed by atoms with Gasteiger partial charge in [-0.3, -0.25) is 23.8 Å². The second-order valence-corrected chi connectivity index (χ2v) is 23.4. The molecule has 21 heteroatoms. The number of nitrogens with zero attached hydrogens (tertiary/aromatic N) is 6. The number of halogens is 4. The summed E-state index contributed by atoms with van der Waals surface area (Å²) in [5, 5.41) is 10.3. The third-order valence-corrected chi connectivity index (χ3v) is 16.7. The average Bonchev–Trinajstić information content (AvgIpc) is 3.37. The van der Waals surface area contributed by atoms with Gasteiger partial charge in [0.1, 0.15) is 55.5 Å². The topological polar surface area (TPSA) is 183 Å². The molecule has 0 radical (unpaired) electrons. The highest BCUT2D eigenvalue weighted by molar-refractivity contribution is 8.00. The van der Waals surface area contributed by atoms with Crippen LogP contribution in [0.25, 0.3) is 16.0 Å². The summed E-state index contributed by atoms with van der Waals surface area (Å²) in [6.45, 7) is 7.65. The van der Waals surface area contributed by atoms with E-state index in [1.165, 1.54) is 47.8 Å². The van der Waals surface area contributed by atoms with Crippen molar-refractivity contribution >= 4 is 89.1 Å². The largest absolute Gasteiger partial charge is 0.488 e. The van der Waals surface area contributed by atoms with E-state index < -0.39 is 25.3 Å². The molecule has 0 bridgehead atoms. The predicted molar refractivity (Wildman–Crippen MR) is 277 cm³/mol. The zero-order valence-electron chi connectivity index (χ0n) is 38.1. The molecule has 0 unspecified atom stereocenters. The molecule has 0 aliphatic carbocycles. The average molecular weight is 1090 g/mol. The van der Waals surface area contributed by atoms with Crippen LogP contribution in [0.2, 0.25) is 20.1 Å². The van der Waals surface area contributed by atoms with Crippen LogP contribution in [0.3, 0.4) is 0 Å². The van der Waals surface area contributed by atoms with Gasteiger partial charge in [0.15, 0.2) is 9.84 Å². The second-order valence-electron chi connectivity index (χ2n) is 16.7. The van der Waals surface area contributed by atoms with E-state index in [4.69, 9.17) is 71.9 Å². The number of nitriles is 1. The minimum atomic E-state index is -3.27. The van der Waals surface area contributed by atoms with Crippen LogP contribution in [0.1, 0.15) is 48.5 Å². The van der Waals surface area contributed by atoms with E-state index in [2.05, 4.69) is 26.8 Å². The third-order valence-electron chi connectivity index (χ3n) is 11.8. The Bertz CT molecular complexity index is 3170. The summed E-state index contributed by atoms with van der Waals surface area (Å²) < 4.78 is 61.6. The van der Waals surface area contributed by atoms with Crippen molar-refractivity contribution in [3.63, 3.8) is 0 Å². The van der Waals surface area contributed by atoms with E-state index in [1.807, 2.05) is 0 Å². The first-order valence-electron chi connectivity index (χ1n) is 22.0. The number of aromatic nitrogens is 2. The second kappa shape index (κ2) is 22.5. The normalized spacial score (nSPS) is 14.9. The predicted octanol–water partition coefficient (Wildman–Crippen LogP) is 9.54. The molecule has 72 heavy (non-hydrogen) atoms. The maximum atomic E-state index is 13.9. The van der Waals surface area contributed by atoms with E-state index in [0.717, 1.165) is 0 Å². The maximum Gasteiger partial charge on any atom is 0.257 e. The Labute approximate surface area is 436 Å². The molecule has 2 aromatic heterocycles. The molecule has 370 valence electrons. The minimum Gasteiger partial charge on any atom is -0.488 e. The zero-order chi connectivity index (χ0) is 51.2. The van der Waals surface area contributed by atoms with E-state index in [9.17, 15) is 27.5 Å². The van der Waals surface area contributed by atoms with E-state index >= 15 is 0 Å². The van der Waals surface area contributed by atoms with Crippen molar-refractivity contribution in [2.75, 3.05) is 49.2 Å². The Morgan fingerprint density at radius 1 is 0.639 bits per heavy atom. The molecule has 4 heterocycles. The number of sulfone groups is 1. The number of hydrogen-bond donors (Lipinski definition) is 0. The number of benzene rings is 4. The Balaban J connectivity index is 1.01. The summed E-state index contributed by atoms with van der Waals surface area (Å²) in [5.41, 5.74) is 4.39. The molecule has 0 saturated carbocycles. The Hall–Kier alpha value is -6.57. The molecule has 0 spiro atoms.